The van der Waals surface area contributed by atoms with Crippen LogP contribution in [0.3, 0.4) is 0 Å². The third kappa shape index (κ3) is 4.78. The molecule has 0 saturated carbocycles. The van der Waals surface area contributed by atoms with Crippen LogP contribution >= 0.6 is 0 Å². The zero-order chi connectivity index (χ0) is 19.3. The maximum atomic E-state index is 12.5. The van der Waals surface area contributed by atoms with Crippen LogP contribution in [0, 0.1) is 20.8 Å². The van der Waals surface area contributed by atoms with Crippen LogP contribution in [0.1, 0.15) is 37.5 Å². The van der Waals surface area contributed by atoms with E-state index in [1.807, 2.05) is 45.0 Å². The van der Waals surface area contributed by atoms with E-state index in [4.69, 9.17) is 4.74 Å². The van der Waals surface area contributed by atoms with Gasteiger partial charge in [-0.3, -0.25) is 4.79 Å². The Hall–Kier alpha value is -2.49. The molecule has 1 N–H and O–H groups in total. The predicted octanol–water partition coefficient (Wildman–Crippen LogP) is 4.86. The molecule has 0 aromatic heterocycles. The molecule has 0 aliphatic rings. The zero-order valence-electron chi connectivity index (χ0n) is 16.7. The van der Waals surface area contributed by atoms with Crippen LogP contribution in [0.4, 0.5) is 11.4 Å². The molecule has 1 atom stereocenters. The number of benzene rings is 2. The lowest BCUT2D eigenvalue weighted by Gasteiger charge is -2.22. The second kappa shape index (κ2) is 8.75. The van der Waals surface area contributed by atoms with E-state index in [9.17, 15) is 4.79 Å². The molecule has 2 rings (SSSR count). The van der Waals surface area contributed by atoms with Crippen LogP contribution < -0.4 is 15.0 Å². The Labute approximate surface area is 157 Å². The molecule has 4 nitrogen and oxygen atoms in total. The summed E-state index contributed by atoms with van der Waals surface area (Å²) in [5, 5.41) is 2.98. The molecular weight excluding hydrogens is 324 g/mol. The Morgan fingerprint density at radius 3 is 2.31 bits per heavy atom. The summed E-state index contributed by atoms with van der Waals surface area (Å²) in [6.07, 6.45) is -0.571. The molecule has 0 unspecified atom stereocenters. The highest BCUT2D eigenvalue weighted by atomic mass is 16.5. The molecule has 0 saturated heterocycles. The fourth-order valence-electron chi connectivity index (χ4n) is 2.98. The standard InChI is InChI=1S/C22H30N2O2/c1-7-24(8-2)19-10-11-20(16(4)14-19)23-22(25)18(6)26-21-12-9-15(3)13-17(21)5/h9-14,18H,7-8H2,1-6H3,(H,23,25)/t18-/m1/s1. The number of rotatable bonds is 7. The third-order valence-electron chi connectivity index (χ3n) is 4.60. The second-order valence-corrected chi connectivity index (χ2v) is 6.69. The fourth-order valence-corrected chi connectivity index (χ4v) is 2.98. The van der Waals surface area contributed by atoms with Gasteiger partial charge in [-0.2, -0.15) is 0 Å². The Morgan fingerprint density at radius 2 is 1.73 bits per heavy atom. The van der Waals surface area contributed by atoms with Crippen molar-refractivity contribution < 1.29 is 9.53 Å². The Morgan fingerprint density at radius 1 is 1.04 bits per heavy atom. The van der Waals surface area contributed by atoms with Crippen molar-refractivity contribution in [2.24, 2.45) is 0 Å². The summed E-state index contributed by atoms with van der Waals surface area (Å²) < 4.78 is 5.85. The van der Waals surface area contributed by atoms with Crippen molar-refractivity contribution >= 4 is 17.3 Å². The molecule has 4 heteroatoms. The summed E-state index contributed by atoms with van der Waals surface area (Å²) in [5.41, 5.74) is 5.24. The molecule has 2 aromatic carbocycles. The average Bonchev–Trinajstić information content (AvgIpc) is 2.60. The lowest BCUT2D eigenvalue weighted by molar-refractivity contribution is -0.122. The number of nitrogens with one attached hydrogen (secondary N) is 1. The molecule has 0 fully saturated rings. The van der Waals surface area contributed by atoms with Crippen molar-refractivity contribution in [3.8, 4) is 5.75 Å². The van der Waals surface area contributed by atoms with Gasteiger partial charge in [0, 0.05) is 24.5 Å². The summed E-state index contributed by atoms with van der Waals surface area (Å²) in [6, 6.07) is 12.1. The van der Waals surface area contributed by atoms with Gasteiger partial charge < -0.3 is 15.0 Å². The van der Waals surface area contributed by atoms with Crippen molar-refractivity contribution in [2.75, 3.05) is 23.3 Å². The van der Waals surface area contributed by atoms with E-state index < -0.39 is 6.10 Å². The van der Waals surface area contributed by atoms with Gasteiger partial charge >= 0.3 is 0 Å². The summed E-state index contributed by atoms with van der Waals surface area (Å²) in [7, 11) is 0. The van der Waals surface area contributed by atoms with E-state index in [0.717, 1.165) is 35.7 Å². The van der Waals surface area contributed by atoms with Gasteiger partial charge in [0.25, 0.3) is 5.91 Å². The lowest BCUT2D eigenvalue weighted by Crippen LogP contribution is -2.30. The van der Waals surface area contributed by atoms with E-state index in [-0.39, 0.29) is 5.91 Å². The number of anilines is 2. The normalized spacial score (nSPS) is 11.8. The van der Waals surface area contributed by atoms with Gasteiger partial charge in [-0.15, -0.1) is 0 Å². The molecule has 0 bridgehead atoms. The van der Waals surface area contributed by atoms with Crippen LogP contribution in [0.15, 0.2) is 36.4 Å². The van der Waals surface area contributed by atoms with Crippen LogP contribution in [0.2, 0.25) is 0 Å². The largest absolute Gasteiger partial charge is 0.481 e. The molecule has 0 aliphatic carbocycles. The highest BCUT2D eigenvalue weighted by Gasteiger charge is 2.17. The van der Waals surface area contributed by atoms with Gasteiger partial charge in [-0.25, -0.2) is 0 Å². The summed E-state index contributed by atoms with van der Waals surface area (Å²) in [4.78, 5) is 14.8. The first kappa shape index (κ1) is 19.8. The lowest BCUT2D eigenvalue weighted by atomic mass is 10.1. The maximum Gasteiger partial charge on any atom is 0.265 e. The fraction of sp³-hybridized carbons (Fsp3) is 0.409. The number of hydrogen-bond acceptors (Lipinski definition) is 3. The number of ether oxygens (including phenoxy) is 1. The number of hydrogen-bond donors (Lipinski definition) is 1. The number of aryl methyl sites for hydroxylation is 3. The van der Waals surface area contributed by atoms with Gasteiger partial charge in [0.05, 0.1) is 0 Å². The van der Waals surface area contributed by atoms with Gasteiger partial charge in [0.1, 0.15) is 5.75 Å². The van der Waals surface area contributed by atoms with Gasteiger partial charge in [-0.05, 0) is 76.9 Å². The van der Waals surface area contributed by atoms with E-state index in [1.165, 1.54) is 11.3 Å². The third-order valence-corrected chi connectivity index (χ3v) is 4.60. The Bertz CT molecular complexity index is 767. The maximum absolute atomic E-state index is 12.5. The summed E-state index contributed by atoms with van der Waals surface area (Å²) in [5.74, 6) is 0.593. The Balaban J connectivity index is 2.06. The van der Waals surface area contributed by atoms with E-state index in [2.05, 4.69) is 36.2 Å². The van der Waals surface area contributed by atoms with Crippen LogP contribution in [-0.2, 0) is 4.79 Å². The molecule has 2 aromatic rings. The van der Waals surface area contributed by atoms with Crippen molar-refractivity contribution in [2.45, 2.75) is 47.6 Å². The van der Waals surface area contributed by atoms with Gasteiger partial charge in [0.15, 0.2) is 6.10 Å². The summed E-state index contributed by atoms with van der Waals surface area (Å²) >= 11 is 0. The molecule has 0 spiro atoms. The highest BCUT2D eigenvalue weighted by Crippen LogP contribution is 2.24. The summed E-state index contributed by atoms with van der Waals surface area (Å²) in [6.45, 7) is 14.0. The SMILES string of the molecule is CCN(CC)c1ccc(NC(=O)[C@@H](C)Oc2ccc(C)cc2C)c(C)c1. The molecule has 0 aliphatic heterocycles. The topological polar surface area (TPSA) is 41.6 Å². The molecule has 0 radical (unpaired) electrons. The first-order valence-electron chi connectivity index (χ1n) is 9.26. The highest BCUT2D eigenvalue weighted by molar-refractivity contribution is 5.95. The van der Waals surface area contributed by atoms with Gasteiger partial charge in [-0.1, -0.05) is 17.7 Å². The zero-order valence-corrected chi connectivity index (χ0v) is 16.7. The van der Waals surface area contributed by atoms with E-state index >= 15 is 0 Å². The molecule has 26 heavy (non-hydrogen) atoms. The first-order chi connectivity index (χ1) is 12.3. The molecule has 1 amide bonds. The molecular formula is C22H30N2O2. The molecule has 140 valence electrons. The van der Waals surface area contributed by atoms with Crippen molar-refractivity contribution in [1.82, 2.24) is 0 Å². The number of nitrogens with zero attached hydrogens (tertiary/aromatic N) is 1. The number of carbonyl (C=O) groups excluding carboxylic acids is 1. The second-order valence-electron chi connectivity index (χ2n) is 6.69. The minimum absolute atomic E-state index is 0.149. The number of carbonyl (C=O) groups is 1. The Kier molecular flexibility index (Phi) is 6.67. The predicted molar refractivity (Wildman–Crippen MR) is 109 cm³/mol. The quantitative estimate of drug-likeness (QED) is 0.772. The van der Waals surface area contributed by atoms with Crippen LogP contribution in [0.5, 0.6) is 5.75 Å². The molecule has 0 heterocycles. The number of amides is 1. The minimum atomic E-state index is -0.571. The van der Waals surface area contributed by atoms with Crippen molar-refractivity contribution in [3.63, 3.8) is 0 Å². The average molecular weight is 354 g/mol. The van der Waals surface area contributed by atoms with Gasteiger partial charge in [0.2, 0.25) is 0 Å². The smallest absolute Gasteiger partial charge is 0.265 e. The minimum Gasteiger partial charge on any atom is -0.481 e. The monoisotopic (exact) mass is 354 g/mol. The van der Waals surface area contributed by atoms with E-state index in [0.29, 0.717) is 0 Å². The van der Waals surface area contributed by atoms with E-state index in [1.54, 1.807) is 6.92 Å². The van der Waals surface area contributed by atoms with Crippen molar-refractivity contribution in [1.29, 1.82) is 0 Å². The van der Waals surface area contributed by atoms with Crippen LogP contribution in [0.25, 0.3) is 0 Å². The first-order valence-corrected chi connectivity index (χ1v) is 9.26. The van der Waals surface area contributed by atoms with Crippen molar-refractivity contribution in [3.05, 3.63) is 53.1 Å². The van der Waals surface area contributed by atoms with Crippen LogP contribution in [-0.4, -0.2) is 25.1 Å².